The highest BCUT2D eigenvalue weighted by Gasteiger charge is 2.61. The van der Waals surface area contributed by atoms with Gasteiger partial charge in [0.2, 0.25) is 0 Å². The van der Waals surface area contributed by atoms with Gasteiger partial charge < -0.3 is 4.48 Å². The summed E-state index contributed by atoms with van der Waals surface area (Å²) in [5.41, 5.74) is 1.28. The average molecular weight is 669 g/mol. The van der Waals surface area contributed by atoms with Crippen LogP contribution in [0.3, 0.4) is 0 Å². The number of rotatable bonds is 23. The third kappa shape index (κ3) is 10.8. The van der Waals surface area contributed by atoms with E-state index < -0.39 is 0 Å². The lowest BCUT2D eigenvalue weighted by Gasteiger charge is -2.62. The zero-order valence-electron chi connectivity index (χ0n) is 34.6. The van der Waals surface area contributed by atoms with Gasteiger partial charge in [-0.3, -0.25) is 0 Å². The molecule has 0 N–H and O–H groups in total. The maximum Gasteiger partial charge on any atom is 0.0889 e. The summed E-state index contributed by atoms with van der Waals surface area (Å²) in [6, 6.07) is 0.910. The second-order valence-corrected chi connectivity index (χ2v) is 20.4. The number of hydrogen-bond acceptors (Lipinski definition) is 0. The molecule has 1 unspecified atom stereocenters. The fourth-order valence-electron chi connectivity index (χ4n) is 13.1. The van der Waals surface area contributed by atoms with E-state index in [9.17, 15) is 0 Å². The van der Waals surface area contributed by atoms with Crippen molar-refractivity contribution in [3.63, 3.8) is 0 Å². The second kappa shape index (κ2) is 19.7. The van der Waals surface area contributed by atoms with Crippen molar-refractivity contribution in [2.45, 2.75) is 227 Å². The molecule has 0 bridgehead atoms. The first-order chi connectivity index (χ1) is 23.0. The fraction of sp³-hybridized carbons (Fsp3) is 1.00. The lowest BCUT2D eigenvalue weighted by Crippen LogP contribution is -2.58. The minimum Gasteiger partial charge on any atom is -0.326 e. The molecule has 0 amide bonds. The molecule has 0 radical (unpaired) electrons. The van der Waals surface area contributed by atoms with E-state index in [0.717, 1.165) is 47.5 Å². The molecular formula is C47H90N+. The van der Waals surface area contributed by atoms with E-state index in [4.69, 9.17) is 0 Å². The number of unbranched alkanes of at least 4 members (excludes halogenated alkanes) is 15. The zero-order chi connectivity index (χ0) is 34.6. The van der Waals surface area contributed by atoms with E-state index in [-0.39, 0.29) is 0 Å². The summed E-state index contributed by atoms with van der Waals surface area (Å²) in [6.45, 7) is 16.8. The van der Waals surface area contributed by atoms with Crippen LogP contribution in [-0.2, 0) is 0 Å². The molecule has 4 aliphatic carbocycles. The summed E-state index contributed by atoms with van der Waals surface area (Å²) >= 11 is 0. The fourth-order valence-corrected chi connectivity index (χ4v) is 13.1. The van der Waals surface area contributed by atoms with Crippen LogP contribution < -0.4 is 0 Å². The van der Waals surface area contributed by atoms with Crippen LogP contribution in [0.4, 0.5) is 0 Å². The van der Waals surface area contributed by atoms with Gasteiger partial charge in [-0.1, -0.05) is 151 Å². The summed E-state index contributed by atoms with van der Waals surface area (Å²) in [6.07, 6.45) is 41.8. The first-order valence-electron chi connectivity index (χ1n) is 22.9. The minimum absolute atomic E-state index is 0.635. The Morgan fingerprint density at radius 1 is 0.562 bits per heavy atom. The zero-order valence-corrected chi connectivity index (χ0v) is 34.6. The number of nitrogens with zero attached hydrogens (tertiary/aromatic N) is 1. The summed E-state index contributed by atoms with van der Waals surface area (Å²) in [5, 5.41) is 0. The molecule has 0 heterocycles. The minimum atomic E-state index is 0.635. The third-order valence-corrected chi connectivity index (χ3v) is 16.4. The lowest BCUT2D eigenvalue weighted by molar-refractivity contribution is -0.917. The average Bonchev–Trinajstić information content (AvgIpc) is 3.41. The smallest absolute Gasteiger partial charge is 0.0889 e. The molecule has 4 fully saturated rings. The molecule has 0 aromatic heterocycles. The van der Waals surface area contributed by atoms with Crippen LogP contribution in [0.1, 0.15) is 221 Å². The van der Waals surface area contributed by atoms with Gasteiger partial charge in [0.1, 0.15) is 0 Å². The molecule has 0 saturated heterocycles. The highest BCUT2D eigenvalue weighted by Crippen LogP contribution is 2.68. The number of hydrogen-bond donors (Lipinski definition) is 0. The summed E-state index contributed by atoms with van der Waals surface area (Å²) in [7, 11) is 5.22. The van der Waals surface area contributed by atoms with Crippen LogP contribution >= 0.6 is 0 Å². The van der Waals surface area contributed by atoms with Gasteiger partial charge in [-0.05, 0) is 116 Å². The van der Waals surface area contributed by atoms with Gasteiger partial charge in [-0.2, -0.15) is 0 Å². The van der Waals surface area contributed by atoms with Crippen molar-refractivity contribution in [2.24, 2.45) is 52.3 Å². The predicted molar refractivity (Wildman–Crippen MR) is 213 cm³/mol. The molecule has 0 spiro atoms. The Kier molecular flexibility index (Phi) is 16.7. The van der Waals surface area contributed by atoms with Gasteiger partial charge in [0.15, 0.2) is 0 Å². The monoisotopic (exact) mass is 669 g/mol. The summed E-state index contributed by atoms with van der Waals surface area (Å²) in [4.78, 5) is 0. The van der Waals surface area contributed by atoms with E-state index in [0.29, 0.717) is 10.8 Å². The van der Waals surface area contributed by atoms with Crippen molar-refractivity contribution in [3.05, 3.63) is 0 Å². The highest BCUT2D eigenvalue weighted by atomic mass is 15.3. The molecular weight excluding hydrogens is 579 g/mol. The molecule has 4 rings (SSSR count). The van der Waals surface area contributed by atoms with Crippen LogP contribution in [0, 0.1) is 52.3 Å². The van der Waals surface area contributed by atoms with Crippen molar-refractivity contribution >= 4 is 0 Å². The predicted octanol–water partition coefficient (Wildman–Crippen LogP) is 14.8. The molecule has 282 valence electrons. The van der Waals surface area contributed by atoms with E-state index in [1.165, 1.54) is 152 Å². The first-order valence-corrected chi connectivity index (χ1v) is 22.9. The van der Waals surface area contributed by atoms with Crippen molar-refractivity contribution in [3.8, 4) is 0 Å². The van der Waals surface area contributed by atoms with Gasteiger partial charge >= 0.3 is 0 Å². The van der Waals surface area contributed by atoms with Gasteiger partial charge in [-0.25, -0.2) is 0 Å². The SMILES string of the molecule is CCCCCCCCCCCCCCCCCC[N+](C)(C)[C@@H]1CC[C@@]2(C)C(CC[C@H]3[C@@H]4CC[C@H]([C@H](C)CCCC(C)C)[C@@]4(C)CC[C@@H]32)C1. The van der Waals surface area contributed by atoms with E-state index in [2.05, 4.69) is 55.6 Å². The maximum atomic E-state index is 2.81. The van der Waals surface area contributed by atoms with Crippen LogP contribution in [0.2, 0.25) is 0 Å². The van der Waals surface area contributed by atoms with Gasteiger partial charge in [-0.15, -0.1) is 0 Å². The number of fused-ring (bicyclic) bond motifs is 5. The molecule has 4 saturated carbocycles. The summed E-state index contributed by atoms with van der Waals surface area (Å²) in [5.74, 6) is 6.91. The largest absolute Gasteiger partial charge is 0.326 e. The van der Waals surface area contributed by atoms with Gasteiger partial charge in [0, 0.05) is 6.42 Å². The first kappa shape index (κ1) is 40.7. The number of quaternary nitrogens is 1. The molecule has 0 aromatic carbocycles. The molecule has 9 atom stereocenters. The van der Waals surface area contributed by atoms with Crippen LogP contribution in [0.25, 0.3) is 0 Å². The second-order valence-electron chi connectivity index (χ2n) is 20.4. The Hall–Kier alpha value is -0.0400. The lowest BCUT2D eigenvalue weighted by atomic mass is 9.44. The van der Waals surface area contributed by atoms with E-state index >= 15 is 0 Å². The standard InChI is InChI=1S/C47H90N/c1-9-10-11-12-13-14-15-16-17-18-19-20-21-22-23-24-36-48(7,8)41-32-34-46(5)40(37-41)28-29-42-44-31-30-43(39(4)27-25-26-38(2)3)47(44,6)35-33-45(42)46/h38-45H,9-37H2,1-8H3/q+1/t39-,40?,41-,42+,43-,44+,45+,46+,47-/m1/s1. The maximum absolute atomic E-state index is 2.81. The molecule has 1 heteroatoms. The molecule has 0 aromatic rings. The Balaban J connectivity index is 1.11. The Morgan fingerprint density at radius 2 is 1.10 bits per heavy atom. The highest BCUT2D eigenvalue weighted by molar-refractivity contribution is 5.09. The van der Waals surface area contributed by atoms with Crippen molar-refractivity contribution < 1.29 is 4.48 Å². The van der Waals surface area contributed by atoms with Gasteiger partial charge in [0.05, 0.1) is 26.7 Å². The van der Waals surface area contributed by atoms with Crippen LogP contribution in [0.5, 0.6) is 0 Å². The molecule has 4 aliphatic rings. The Labute approximate surface area is 303 Å². The Bertz CT molecular complexity index is 874. The quantitative estimate of drug-likeness (QED) is 0.0751. The van der Waals surface area contributed by atoms with E-state index in [1.807, 2.05) is 0 Å². The van der Waals surface area contributed by atoms with E-state index in [1.54, 1.807) is 38.5 Å². The van der Waals surface area contributed by atoms with Crippen LogP contribution in [-0.4, -0.2) is 31.2 Å². The molecule has 1 nitrogen and oxygen atoms in total. The summed E-state index contributed by atoms with van der Waals surface area (Å²) < 4.78 is 1.30. The molecule has 48 heavy (non-hydrogen) atoms. The van der Waals surface area contributed by atoms with Crippen LogP contribution in [0.15, 0.2) is 0 Å². The molecule has 0 aliphatic heterocycles. The van der Waals surface area contributed by atoms with Gasteiger partial charge in [0.25, 0.3) is 0 Å². The third-order valence-electron chi connectivity index (χ3n) is 16.4. The van der Waals surface area contributed by atoms with Crippen molar-refractivity contribution in [1.82, 2.24) is 0 Å². The Morgan fingerprint density at radius 3 is 1.69 bits per heavy atom. The van der Waals surface area contributed by atoms with Crippen molar-refractivity contribution in [2.75, 3.05) is 20.6 Å². The normalized spacial score (nSPS) is 34.2. The van der Waals surface area contributed by atoms with Crippen molar-refractivity contribution in [1.29, 1.82) is 0 Å². The topological polar surface area (TPSA) is 0 Å².